The molecule has 0 fully saturated rings. The molecule has 66 valence electrons. The van der Waals surface area contributed by atoms with Gasteiger partial charge in [-0.15, -0.1) is 12.4 Å². The Balaban J connectivity index is 0.00000121. The summed E-state index contributed by atoms with van der Waals surface area (Å²) in [5, 5.41) is 8.70. The third kappa shape index (κ3) is 2.62. The molecule has 0 radical (unpaired) electrons. The molecule has 0 spiro atoms. The minimum Gasteiger partial charge on any atom is -0.371 e. The van der Waals surface area contributed by atoms with Crippen molar-refractivity contribution in [3.63, 3.8) is 0 Å². The average molecular weight is 188 g/mol. The van der Waals surface area contributed by atoms with Crippen LogP contribution in [0.25, 0.3) is 0 Å². The van der Waals surface area contributed by atoms with Gasteiger partial charge in [0.2, 0.25) is 5.78 Å². The smallest absolute Gasteiger partial charge is 0.205 e. The van der Waals surface area contributed by atoms with Gasteiger partial charge in [-0.1, -0.05) is 30.3 Å². The highest BCUT2D eigenvalue weighted by atomic mass is 35.5. The SMILES string of the molecule is Cl.NC(O)C(=O)c1ccccc1. The number of aliphatic hydroxyl groups is 1. The summed E-state index contributed by atoms with van der Waals surface area (Å²) in [6, 6.07) is 8.45. The van der Waals surface area contributed by atoms with Crippen LogP contribution in [0.15, 0.2) is 30.3 Å². The van der Waals surface area contributed by atoms with E-state index < -0.39 is 12.0 Å². The lowest BCUT2D eigenvalue weighted by atomic mass is 10.1. The Bertz CT molecular complexity index is 248. The Hall–Kier alpha value is -0.900. The van der Waals surface area contributed by atoms with E-state index in [-0.39, 0.29) is 12.4 Å². The van der Waals surface area contributed by atoms with Crippen LogP contribution in [0.1, 0.15) is 10.4 Å². The Morgan fingerprint density at radius 2 is 1.83 bits per heavy atom. The molecule has 0 heterocycles. The molecule has 0 saturated carbocycles. The quantitative estimate of drug-likeness (QED) is 0.526. The first kappa shape index (κ1) is 11.1. The second-order valence-corrected chi connectivity index (χ2v) is 2.18. The van der Waals surface area contributed by atoms with Gasteiger partial charge >= 0.3 is 0 Å². The first-order chi connectivity index (χ1) is 5.22. The molecule has 0 aliphatic rings. The summed E-state index contributed by atoms with van der Waals surface area (Å²) in [4.78, 5) is 11.0. The molecular weight excluding hydrogens is 178 g/mol. The van der Waals surface area contributed by atoms with Crippen LogP contribution in [0.3, 0.4) is 0 Å². The van der Waals surface area contributed by atoms with Gasteiger partial charge < -0.3 is 5.11 Å². The molecular formula is C8H10ClNO2. The summed E-state index contributed by atoms with van der Waals surface area (Å²) < 4.78 is 0. The number of halogens is 1. The zero-order valence-electron chi connectivity index (χ0n) is 6.31. The first-order valence-electron chi connectivity index (χ1n) is 3.25. The van der Waals surface area contributed by atoms with Crippen molar-refractivity contribution >= 4 is 18.2 Å². The summed E-state index contributed by atoms with van der Waals surface area (Å²) >= 11 is 0. The van der Waals surface area contributed by atoms with Crippen molar-refractivity contribution in [1.29, 1.82) is 0 Å². The van der Waals surface area contributed by atoms with E-state index in [4.69, 9.17) is 10.8 Å². The van der Waals surface area contributed by atoms with Crippen LogP contribution >= 0.6 is 12.4 Å². The van der Waals surface area contributed by atoms with Gasteiger partial charge in [0, 0.05) is 5.56 Å². The Labute approximate surface area is 76.6 Å². The molecule has 0 amide bonds. The number of nitrogens with two attached hydrogens (primary N) is 1. The Morgan fingerprint density at radius 1 is 1.33 bits per heavy atom. The van der Waals surface area contributed by atoms with Gasteiger partial charge in [0.15, 0.2) is 6.23 Å². The largest absolute Gasteiger partial charge is 0.371 e. The van der Waals surface area contributed by atoms with Crippen LogP contribution < -0.4 is 5.73 Å². The molecule has 0 aliphatic carbocycles. The highest BCUT2D eigenvalue weighted by Crippen LogP contribution is 2.00. The number of carbonyl (C=O) groups excluding carboxylic acids is 1. The van der Waals surface area contributed by atoms with Gasteiger partial charge in [0.1, 0.15) is 0 Å². The molecule has 1 rings (SSSR count). The zero-order chi connectivity index (χ0) is 8.27. The van der Waals surface area contributed by atoms with Crippen molar-refractivity contribution in [2.24, 2.45) is 5.73 Å². The fourth-order valence-corrected chi connectivity index (χ4v) is 0.773. The second kappa shape index (κ2) is 4.87. The molecule has 0 aliphatic heterocycles. The molecule has 1 aromatic carbocycles. The van der Waals surface area contributed by atoms with Crippen LogP contribution in [0.5, 0.6) is 0 Å². The lowest BCUT2D eigenvalue weighted by Crippen LogP contribution is -2.29. The van der Waals surface area contributed by atoms with E-state index in [2.05, 4.69) is 0 Å². The topological polar surface area (TPSA) is 63.3 Å². The van der Waals surface area contributed by atoms with Crippen molar-refractivity contribution in [2.45, 2.75) is 6.23 Å². The predicted molar refractivity (Wildman–Crippen MR) is 48.2 cm³/mol. The Kier molecular flexibility index (Phi) is 4.51. The number of hydrogen-bond donors (Lipinski definition) is 2. The van der Waals surface area contributed by atoms with E-state index in [9.17, 15) is 4.79 Å². The molecule has 1 aromatic rings. The number of benzene rings is 1. The molecule has 0 bridgehead atoms. The average Bonchev–Trinajstić information content (AvgIpc) is 2.05. The van der Waals surface area contributed by atoms with Crippen LogP contribution in [0, 0.1) is 0 Å². The number of aliphatic hydroxyl groups excluding tert-OH is 1. The summed E-state index contributed by atoms with van der Waals surface area (Å²) in [5.41, 5.74) is 5.41. The van der Waals surface area contributed by atoms with Crippen molar-refractivity contribution < 1.29 is 9.90 Å². The monoisotopic (exact) mass is 187 g/mol. The number of carbonyl (C=O) groups is 1. The van der Waals surface area contributed by atoms with Gasteiger partial charge in [-0.25, -0.2) is 0 Å². The molecule has 4 heteroatoms. The maximum atomic E-state index is 11.0. The minimum absolute atomic E-state index is 0. The fraction of sp³-hybridized carbons (Fsp3) is 0.125. The van der Waals surface area contributed by atoms with Gasteiger partial charge in [0.05, 0.1) is 0 Å². The van der Waals surface area contributed by atoms with E-state index in [1.165, 1.54) is 0 Å². The van der Waals surface area contributed by atoms with Crippen LogP contribution in [-0.2, 0) is 0 Å². The highest BCUT2D eigenvalue weighted by Gasteiger charge is 2.10. The van der Waals surface area contributed by atoms with E-state index >= 15 is 0 Å². The molecule has 0 saturated heterocycles. The molecule has 1 atom stereocenters. The summed E-state index contributed by atoms with van der Waals surface area (Å²) in [6.07, 6.45) is -1.41. The van der Waals surface area contributed by atoms with Crippen LogP contribution in [0.2, 0.25) is 0 Å². The van der Waals surface area contributed by atoms with E-state index in [0.717, 1.165) is 0 Å². The third-order valence-electron chi connectivity index (χ3n) is 1.33. The molecule has 3 nitrogen and oxygen atoms in total. The van der Waals surface area contributed by atoms with Crippen LogP contribution in [0.4, 0.5) is 0 Å². The first-order valence-corrected chi connectivity index (χ1v) is 3.25. The van der Waals surface area contributed by atoms with Crippen molar-refractivity contribution in [2.75, 3.05) is 0 Å². The molecule has 1 unspecified atom stereocenters. The van der Waals surface area contributed by atoms with E-state index in [0.29, 0.717) is 5.56 Å². The normalized spacial score (nSPS) is 11.5. The lowest BCUT2D eigenvalue weighted by Gasteiger charge is -2.01. The molecule has 0 aromatic heterocycles. The summed E-state index contributed by atoms with van der Waals surface area (Å²) in [5.74, 6) is -0.453. The van der Waals surface area contributed by atoms with Crippen molar-refractivity contribution in [3.05, 3.63) is 35.9 Å². The lowest BCUT2D eigenvalue weighted by molar-refractivity contribution is 0.0759. The number of Topliss-reactive ketones (excluding diaryl/α,β-unsaturated/α-hetero) is 1. The number of hydrogen-bond acceptors (Lipinski definition) is 3. The van der Waals surface area contributed by atoms with Gasteiger partial charge in [-0.2, -0.15) is 0 Å². The van der Waals surface area contributed by atoms with Crippen molar-refractivity contribution in [1.82, 2.24) is 0 Å². The van der Waals surface area contributed by atoms with Gasteiger partial charge in [0.25, 0.3) is 0 Å². The predicted octanol–water partition coefficient (Wildman–Crippen LogP) is 0.568. The van der Waals surface area contributed by atoms with Gasteiger partial charge in [-0.05, 0) is 0 Å². The summed E-state index contributed by atoms with van der Waals surface area (Å²) in [6.45, 7) is 0. The second-order valence-electron chi connectivity index (χ2n) is 2.18. The Morgan fingerprint density at radius 3 is 2.25 bits per heavy atom. The van der Waals surface area contributed by atoms with Crippen molar-refractivity contribution in [3.8, 4) is 0 Å². The zero-order valence-corrected chi connectivity index (χ0v) is 7.12. The number of rotatable bonds is 2. The van der Waals surface area contributed by atoms with E-state index in [1.54, 1.807) is 30.3 Å². The molecule has 3 N–H and O–H groups in total. The van der Waals surface area contributed by atoms with Gasteiger partial charge in [-0.3, -0.25) is 10.5 Å². The fourth-order valence-electron chi connectivity index (χ4n) is 0.773. The molecule has 12 heavy (non-hydrogen) atoms. The highest BCUT2D eigenvalue weighted by molar-refractivity contribution is 5.98. The van der Waals surface area contributed by atoms with Crippen LogP contribution in [-0.4, -0.2) is 17.1 Å². The maximum Gasteiger partial charge on any atom is 0.205 e. The van der Waals surface area contributed by atoms with E-state index in [1.807, 2.05) is 0 Å². The summed E-state index contributed by atoms with van der Waals surface area (Å²) in [7, 11) is 0. The minimum atomic E-state index is -1.41. The number of ketones is 1. The maximum absolute atomic E-state index is 11.0. The standard InChI is InChI=1S/C8H9NO2.ClH/c9-8(11)7(10)6-4-2-1-3-5-6;/h1-5,8,11H,9H2;1H. The third-order valence-corrected chi connectivity index (χ3v) is 1.33.